The van der Waals surface area contributed by atoms with Crippen LogP contribution in [0.3, 0.4) is 0 Å². The van der Waals surface area contributed by atoms with Crippen LogP contribution >= 0.6 is 0 Å². The third-order valence-electron chi connectivity index (χ3n) is 4.46. The molecular formula is C15H21FN2. The van der Waals surface area contributed by atoms with Crippen molar-refractivity contribution in [1.82, 2.24) is 10.2 Å². The van der Waals surface area contributed by atoms with Crippen LogP contribution in [0, 0.1) is 17.7 Å². The summed E-state index contributed by atoms with van der Waals surface area (Å²) >= 11 is 0. The van der Waals surface area contributed by atoms with Crippen molar-refractivity contribution in [3.05, 3.63) is 35.6 Å². The van der Waals surface area contributed by atoms with E-state index in [4.69, 9.17) is 0 Å². The van der Waals surface area contributed by atoms with Gasteiger partial charge in [0.25, 0.3) is 0 Å². The molecule has 2 saturated heterocycles. The zero-order chi connectivity index (χ0) is 12.5. The fraction of sp³-hybridized carbons (Fsp3) is 0.600. The Morgan fingerprint density at radius 1 is 1.33 bits per heavy atom. The number of fused-ring (bicyclic) bond motifs is 1. The van der Waals surface area contributed by atoms with Gasteiger partial charge >= 0.3 is 0 Å². The molecule has 98 valence electrons. The van der Waals surface area contributed by atoms with Crippen molar-refractivity contribution in [3.8, 4) is 0 Å². The number of hydrogen-bond donors (Lipinski definition) is 1. The molecule has 2 nitrogen and oxygen atoms in total. The van der Waals surface area contributed by atoms with E-state index in [0.717, 1.165) is 23.8 Å². The van der Waals surface area contributed by atoms with Gasteiger partial charge in [0.05, 0.1) is 0 Å². The molecule has 3 unspecified atom stereocenters. The number of rotatable bonds is 3. The lowest BCUT2D eigenvalue weighted by Gasteiger charge is -2.25. The number of likely N-dealkylation sites (tertiary alicyclic amines) is 1. The molecule has 3 rings (SSSR count). The number of hydrogen-bond acceptors (Lipinski definition) is 2. The summed E-state index contributed by atoms with van der Waals surface area (Å²) in [6.45, 7) is 7.02. The second kappa shape index (κ2) is 4.98. The first-order chi connectivity index (χ1) is 8.72. The molecule has 0 saturated carbocycles. The summed E-state index contributed by atoms with van der Waals surface area (Å²) in [5.74, 6) is 1.54. The average molecular weight is 248 g/mol. The Labute approximate surface area is 108 Å². The van der Waals surface area contributed by atoms with Gasteiger partial charge in [-0.2, -0.15) is 0 Å². The number of nitrogens with zero attached hydrogens (tertiary/aromatic N) is 1. The number of halogens is 1. The maximum atomic E-state index is 13.2. The summed E-state index contributed by atoms with van der Waals surface area (Å²) in [4.78, 5) is 2.57. The molecule has 0 spiro atoms. The van der Waals surface area contributed by atoms with Gasteiger partial charge in [-0.25, -0.2) is 4.39 Å². The number of nitrogens with one attached hydrogen (secondary N) is 1. The highest BCUT2D eigenvalue weighted by Gasteiger charge is 2.37. The smallest absolute Gasteiger partial charge is 0.123 e. The first-order valence-electron chi connectivity index (χ1n) is 6.91. The van der Waals surface area contributed by atoms with Crippen molar-refractivity contribution in [2.75, 3.05) is 26.2 Å². The Morgan fingerprint density at radius 2 is 2.06 bits per heavy atom. The normalized spacial score (nSPS) is 29.4. The molecule has 0 aromatic heterocycles. The molecule has 1 N–H and O–H groups in total. The van der Waals surface area contributed by atoms with Gasteiger partial charge in [0.1, 0.15) is 5.82 Å². The molecule has 2 heterocycles. The quantitative estimate of drug-likeness (QED) is 0.879. The Hall–Kier alpha value is -0.930. The standard InChI is InChI=1S/C15H21FN2/c1-11(5-12-3-2-4-15(16)6-12)18-9-13-7-17-8-14(13)10-18/h2-4,6,11,13-14,17H,5,7-10H2,1H3. The van der Waals surface area contributed by atoms with E-state index in [9.17, 15) is 4.39 Å². The van der Waals surface area contributed by atoms with Gasteiger partial charge in [-0.1, -0.05) is 12.1 Å². The van der Waals surface area contributed by atoms with Crippen LogP contribution in [0.25, 0.3) is 0 Å². The minimum Gasteiger partial charge on any atom is -0.316 e. The zero-order valence-electron chi connectivity index (χ0n) is 10.9. The molecule has 2 aliphatic heterocycles. The third kappa shape index (κ3) is 2.43. The summed E-state index contributed by atoms with van der Waals surface area (Å²) in [7, 11) is 0. The van der Waals surface area contributed by atoms with E-state index < -0.39 is 0 Å². The van der Waals surface area contributed by atoms with Gasteiger partial charge in [0.2, 0.25) is 0 Å². The van der Waals surface area contributed by atoms with E-state index in [1.807, 2.05) is 6.07 Å². The molecule has 0 aliphatic carbocycles. The van der Waals surface area contributed by atoms with Crippen molar-refractivity contribution in [1.29, 1.82) is 0 Å². The highest BCUT2D eigenvalue weighted by Crippen LogP contribution is 2.28. The molecule has 2 aliphatic rings. The Kier molecular flexibility index (Phi) is 3.35. The summed E-state index contributed by atoms with van der Waals surface area (Å²) in [6, 6.07) is 7.52. The van der Waals surface area contributed by atoms with Gasteiger partial charge in [0.15, 0.2) is 0 Å². The van der Waals surface area contributed by atoms with Crippen molar-refractivity contribution in [2.45, 2.75) is 19.4 Å². The molecule has 1 aromatic carbocycles. The first kappa shape index (κ1) is 12.1. The van der Waals surface area contributed by atoms with Gasteiger partial charge in [-0.3, -0.25) is 4.90 Å². The Balaban J connectivity index is 1.60. The monoisotopic (exact) mass is 248 g/mol. The average Bonchev–Trinajstić information content (AvgIpc) is 2.88. The first-order valence-corrected chi connectivity index (χ1v) is 6.91. The van der Waals surface area contributed by atoms with Gasteiger partial charge in [-0.05, 0) is 56.0 Å². The SMILES string of the molecule is CC(Cc1cccc(F)c1)N1CC2CNCC2C1. The summed E-state index contributed by atoms with van der Waals surface area (Å²) in [5.41, 5.74) is 1.11. The lowest BCUT2D eigenvalue weighted by molar-refractivity contribution is 0.239. The van der Waals surface area contributed by atoms with Crippen molar-refractivity contribution in [2.24, 2.45) is 11.8 Å². The van der Waals surface area contributed by atoms with Crippen LogP contribution in [0.2, 0.25) is 0 Å². The molecule has 1 aromatic rings. The Bertz CT molecular complexity index is 409. The maximum absolute atomic E-state index is 13.2. The van der Waals surface area contributed by atoms with Crippen molar-refractivity contribution in [3.63, 3.8) is 0 Å². The lowest BCUT2D eigenvalue weighted by atomic mass is 10.0. The highest BCUT2D eigenvalue weighted by molar-refractivity contribution is 5.17. The summed E-state index contributed by atoms with van der Waals surface area (Å²) in [5, 5.41) is 3.46. The predicted molar refractivity (Wildman–Crippen MR) is 71.0 cm³/mol. The summed E-state index contributed by atoms with van der Waals surface area (Å²) in [6.07, 6.45) is 0.949. The molecule has 0 amide bonds. The topological polar surface area (TPSA) is 15.3 Å². The van der Waals surface area contributed by atoms with Crippen LogP contribution in [0.5, 0.6) is 0 Å². The van der Waals surface area contributed by atoms with E-state index in [2.05, 4.69) is 17.1 Å². The third-order valence-corrected chi connectivity index (χ3v) is 4.46. The fourth-order valence-corrected chi connectivity index (χ4v) is 3.39. The minimum absolute atomic E-state index is 0.123. The second-order valence-corrected chi connectivity index (χ2v) is 5.82. The van der Waals surface area contributed by atoms with E-state index >= 15 is 0 Å². The lowest BCUT2D eigenvalue weighted by Crippen LogP contribution is -2.35. The van der Waals surface area contributed by atoms with E-state index in [0.29, 0.717) is 6.04 Å². The molecule has 18 heavy (non-hydrogen) atoms. The molecular weight excluding hydrogens is 227 g/mol. The predicted octanol–water partition coefficient (Wildman–Crippen LogP) is 1.91. The molecule has 3 atom stereocenters. The number of benzene rings is 1. The van der Waals surface area contributed by atoms with Gasteiger partial charge < -0.3 is 5.32 Å². The van der Waals surface area contributed by atoms with Gasteiger partial charge in [-0.15, -0.1) is 0 Å². The van der Waals surface area contributed by atoms with Crippen LogP contribution in [-0.4, -0.2) is 37.1 Å². The Morgan fingerprint density at radius 3 is 2.72 bits per heavy atom. The van der Waals surface area contributed by atoms with Crippen LogP contribution in [0.4, 0.5) is 4.39 Å². The fourth-order valence-electron chi connectivity index (χ4n) is 3.39. The molecule has 0 radical (unpaired) electrons. The van der Waals surface area contributed by atoms with Crippen LogP contribution in [-0.2, 0) is 6.42 Å². The van der Waals surface area contributed by atoms with Crippen molar-refractivity contribution < 1.29 is 4.39 Å². The minimum atomic E-state index is -0.123. The van der Waals surface area contributed by atoms with E-state index in [-0.39, 0.29) is 5.82 Å². The van der Waals surface area contributed by atoms with Crippen LogP contribution in [0.1, 0.15) is 12.5 Å². The molecule has 2 fully saturated rings. The maximum Gasteiger partial charge on any atom is 0.123 e. The van der Waals surface area contributed by atoms with Gasteiger partial charge in [0, 0.05) is 19.1 Å². The van der Waals surface area contributed by atoms with Crippen LogP contribution < -0.4 is 5.32 Å². The zero-order valence-corrected chi connectivity index (χ0v) is 10.9. The largest absolute Gasteiger partial charge is 0.316 e. The van der Waals surface area contributed by atoms with E-state index in [1.54, 1.807) is 12.1 Å². The molecule has 3 heteroatoms. The van der Waals surface area contributed by atoms with Crippen molar-refractivity contribution >= 4 is 0 Å². The second-order valence-electron chi connectivity index (χ2n) is 5.82. The highest BCUT2D eigenvalue weighted by atomic mass is 19.1. The molecule has 0 bridgehead atoms. The van der Waals surface area contributed by atoms with E-state index in [1.165, 1.54) is 32.2 Å². The summed E-state index contributed by atoms with van der Waals surface area (Å²) < 4.78 is 13.2. The van der Waals surface area contributed by atoms with Crippen LogP contribution in [0.15, 0.2) is 24.3 Å².